The van der Waals surface area contributed by atoms with Gasteiger partial charge >= 0.3 is 0 Å². The summed E-state index contributed by atoms with van der Waals surface area (Å²) in [4.78, 5) is 24.5. The highest BCUT2D eigenvalue weighted by atomic mass is 35.5. The number of benzene rings is 2. The van der Waals surface area contributed by atoms with Crippen LogP contribution in [0, 0.1) is 13.8 Å². The lowest BCUT2D eigenvalue weighted by molar-refractivity contribution is 0.102. The van der Waals surface area contributed by atoms with Crippen LogP contribution >= 0.6 is 11.6 Å². The minimum Gasteiger partial charge on any atom is -0.360 e. The maximum atomic E-state index is 13.1. The standard InChI is InChI=1S/C26H25ClN6O2/c1-16-24(25(32-35-16)20-7-3-4-8-21(20)27)26(34)31-19-11-9-18(10-12-19)30-22-15-23(29-17(2)28-22)33-13-5-6-14-33/h3-4,7-12,15H,5-6,13-14H2,1-2H3,(H,31,34)(H,28,29,30). The van der Waals surface area contributed by atoms with Crippen molar-refractivity contribution in [2.75, 3.05) is 28.6 Å². The summed E-state index contributed by atoms with van der Waals surface area (Å²) in [6.45, 7) is 5.64. The molecule has 0 radical (unpaired) electrons. The zero-order valence-electron chi connectivity index (χ0n) is 19.5. The number of carbonyl (C=O) groups excluding carboxylic acids is 1. The Hall–Kier alpha value is -3.91. The third-order valence-electron chi connectivity index (χ3n) is 5.89. The molecule has 2 N–H and O–H groups in total. The fourth-order valence-electron chi connectivity index (χ4n) is 4.18. The fourth-order valence-corrected chi connectivity index (χ4v) is 4.40. The van der Waals surface area contributed by atoms with Crippen molar-refractivity contribution in [2.45, 2.75) is 26.7 Å². The first-order valence-electron chi connectivity index (χ1n) is 11.5. The topological polar surface area (TPSA) is 96.2 Å². The van der Waals surface area contributed by atoms with Crippen molar-refractivity contribution in [2.24, 2.45) is 0 Å². The minimum absolute atomic E-state index is 0.318. The maximum Gasteiger partial charge on any atom is 0.261 e. The Morgan fingerprint density at radius 3 is 2.46 bits per heavy atom. The first-order chi connectivity index (χ1) is 17.0. The Morgan fingerprint density at radius 1 is 1.00 bits per heavy atom. The van der Waals surface area contributed by atoms with Crippen molar-refractivity contribution in [3.05, 3.63) is 76.8 Å². The van der Waals surface area contributed by atoms with Gasteiger partial charge in [0.05, 0.1) is 5.02 Å². The normalized spacial score (nSPS) is 13.2. The molecular weight excluding hydrogens is 464 g/mol. The Balaban J connectivity index is 1.31. The second-order valence-corrected chi connectivity index (χ2v) is 8.86. The van der Waals surface area contributed by atoms with Gasteiger partial charge in [0.1, 0.15) is 34.5 Å². The van der Waals surface area contributed by atoms with Crippen molar-refractivity contribution in [3.63, 3.8) is 0 Å². The van der Waals surface area contributed by atoms with Gasteiger partial charge in [-0.25, -0.2) is 9.97 Å². The second kappa shape index (κ2) is 9.76. The number of aryl methyl sites for hydroxylation is 2. The summed E-state index contributed by atoms with van der Waals surface area (Å²) in [7, 11) is 0. The van der Waals surface area contributed by atoms with Gasteiger partial charge in [-0.15, -0.1) is 0 Å². The van der Waals surface area contributed by atoms with Crippen molar-refractivity contribution in [3.8, 4) is 11.3 Å². The molecule has 9 heteroatoms. The summed E-state index contributed by atoms with van der Waals surface area (Å²) >= 11 is 6.31. The number of nitrogens with one attached hydrogen (secondary N) is 2. The van der Waals surface area contributed by atoms with Crippen LogP contribution in [0.15, 0.2) is 59.1 Å². The largest absolute Gasteiger partial charge is 0.360 e. The molecule has 1 amide bonds. The number of rotatable bonds is 6. The van der Waals surface area contributed by atoms with Crippen LogP contribution in [0.1, 0.15) is 34.8 Å². The van der Waals surface area contributed by atoms with E-state index in [1.807, 2.05) is 49.4 Å². The summed E-state index contributed by atoms with van der Waals surface area (Å²) in [5.41, 5.74) is 2.90. The molecule has 2 aromatic heterocycles. The molecule has 0 aliphatic carbocycles. The van der Waals surface area contributed by atoms with E-state index in [-0.39, 0.29) is 5.91 Å². The molecule has 0 unspecified atom stereocenters. The number of carbonyl (C=O) groups is 1. The molecule has 8 nitrogen and oxygen atoms in total. The molecule has 0 saturated carbocycles. The van der Waals surface area contributed by atoms with Gasteiger partial charge in [-0.2, -0.15) is 0 Å². The SMILES string of the molecule is Cc1nc(Nc2ccc(NC(=O)c3c(-c4ccccc4Cl)noc3C)cc2)cc(N2CCCC2)n1. The lowest BCUT2D eigenvalue weighted by Gasteiger charge is -2.18. The number of nitrogens with zero attached hydrogens (tertiary/aromatic N) is 4. The molecule has 4 aromatic rings. The Bertz CT molecular complexity index is 1360. The van der Waals surface area contributed by atoms with E-state index >= 15 is 0 Å². The van der Waals surface area contributed by atoms with Gasteiger partial charge in [0.25, 0.3) is 5.91 Å². The molecule has 0 atom stereocenters. The highest BCUT2D eigenvalue weighted by molar-refractivity contribution is 6.33. The van der Waals surface area contributed by atoms with Gasteiger partial charge in [0.15, 0.2) is 0 Å². The first kappa shape index (κ1) is 22.9. The molecule has 1 saturated heterocycles. The van der Waals surface area contributed by atoms with E-state index in [9.17, 15) is 4.79 Å². The van der Waals surface area contributed by atoms with E-state index in [0.29, 0.717) is 33.3 Å². The second-order valence-electron chi connectivity index (χ2n) is 8.45. The number of hydrogen-bond acceptors (Lipinski definition) is 7. The lowest BCUT2D eigenvalue weighted by Crippen LogP contribution is -2.19. The third kappa shape index (κ3) is 4.97. The van der Waals surface area contributed by atoms with Gasteiger partial charge in [-0.05, 0) is 57.0 Å². The zero-order chi connectivity index (χ0) is 24.4. The van der Waals surface area contributed by atoms with Gasteiger partial charge in [-0.3, -0.25) is 4.79 Å². The summed E-state index contributed by atoms with van der Waals surface area (Å²) < 4.78 is 5.31. The highest BCUT2D eigenvalue weighted by Gasteiger charge is 2.23. The van der Waals surface area contributed by atoms with Crippen LogP contribution in [0.4, 0.5) is 23.0 Å². The van der Waals surface area contributed by atoms with E-state index in [0.717, 1.165) is 36.2 Å². The average Bonchev–Trinajstić information content (AvgIpc) is 3.51. The molecule has 0 spiro atoms. The third-order valence-corrected chi connectivity index (χ3v) is 6.22. The van der Waals surface area contributed by atoms with E-state index in [4.69, 9.17) is 16.1 Å². The average molecular weight is 489 g/mol. The first-order valence-corrected chi connectivity index (χ1v) is 11.9. The number of amides is 1. The molecule has 0 bridgehead atoms. The molecule has 1 fully saturated rings. The van der Waals surface area contributed by atoms with Crippen molar-refractivity contribution in [1.82, 2.24) is 15.1 Å². The highest BCUT2D eigenvalue weighted by Crippen LogP contribution is 2.31. The van der Waals surface area contributed by atoms with E-state index in [1.165, 1.54) is 12.8 Å². The van der Waals surface area contributed by atoms with Crippen LogP contribution in [0.3, 0.4) is 0 Å². The van der Waals surface area contributed by atoms with Crippen LogP contribution in [-0.4, -0.2) is 34.1 Å². The fraction of sp³-hybridized carbons (Fsp3) is 0.231. The molecule has 5 rings (SSSR count). The van der Waals surface area contributed by atoms with Crippen LogP contribution in [0.5, 0.6) is 0 Å². The van der Waals surface area contributed by atoms with Crippen molar-refractivity contribution < 1.29 is 9.32 Å². The smallest absolute Gasteiger partial charge is 0.261 e. The van der Waals surface area contributed by atoms with E-state index < -0.39 is 0 Å². The Kier molecular flexibility index (Phi) is 6.37. The molecule has 3 heterocycles. The summed E-state index contributed by atoms with van der Waals surface area (Å²) in [5, 5.41) is 10.8. The number of aromatic nitrogens is 3. The molecule has 178 valence electrons. The minimum atomic E-state index is -0.318. The monoisotopic (exact) mass is 488 g/mol. The summed E-state index contributed by atoms with van der Waals surface area (Å²) in [6.07, 6.45) is 2.38. The van der Waals surface area contributed by atoms with Gasteiger partial charge in [-0.1, -0.05) is 35.0 Å². The maximum absolute atomic E-state index is 13.1. The Labute approximate surface area is 208 Å². The predicted octanol–water partition coefficient (Wildman–Crippen LogP) is 6.00. The predicted molar refractivity (Wildman–Crippen MR) is 138 cm³/mol. The van der Waals surface area contributed by atoms with Crippen LogP contribution in [-0.2, 0) is 0 Å². The van der Waals surface area contributed by atoms with Crippen LogP contribution in [0.2, 0.25) is 5.02 Å². The quantitative estimate of drug-likeness (QED) is 0.343. The van der Waals surface area contributed by atoms with Crippen molar-refractivity contribution in [1.29, 1.82) is 0 Å². The van der Waals surface area contributed by atoms with E-state index in [2.05, 4.69) is 30.7 Å². The van der Waals surface area contributed by atoms with Crippen LogP contribution < -0.4 is 15.5 Å². The van der Waals surface area contributed by atoms with Gasteiger partial charge < -0.3 is 20.1 Å². The molecule has 2 aromatic carbocycles. The lowest BCUT2D eigenvalue weighted by atomic mass is 10.1. The molecule has 1 aliphatic heterocycles. The molecule has 35 heavy (non-hydrogen) atoms. The number of halogens is 1. The molecule has 1 aliphatic rings. The number of anilines is 4. The molecular formula is C26H25ClN6O2. The van der Waals surface area contributed by atoms with Gasteiger partial charge in [0, 0.05) is 36.1 Å². The van der Waals surface area contributed by atoms with Gasteiger partial charge in [0.2, 0.25) is 0 Å². The van der Waals surface area contributed by atoms with Crippen molar-refractivity contribution >= 4 is 40.5 Å². The zero-order valence-corrected chi connectivity index (χ0v) is 20.3. The number of hydrogen-bond donors (Lipinski definition) is 2. The summed E-state index contributed by atoms with van der Waals surface area (Å²) in [5.74, 6) is 2.50. The Morgan fingerprint density at radius 2 is 1.71 bits per heavy atom. The van der Waals surface area contributed by atoms with Crippen LogP contribution in [0.25, 0.3) is 11.3 Å². The van der Waals surface area contributed by atoms with E-state index in [1.54, 1.807) is 19.1 Å². The summed E-state index contributed by atoms with van der Waals surface area (Å²) in [6, 6.07) is 16.6.